The molecule has 0 saturated heterocycles. The van der Waals surface area contributed by atoms with E-state index >= 15 is 0 Å². The van der Waals surface area contributed by atoms with Gasteiger partial charge in [0, 0.05) is 13.1 Å². The van der Waals surface area contributed by atoms with E-state index in [9.17, 15) is 0 Å². The maximum absolute atomic E-state index is 8.95. The molecular formula is C19H28N2. The normalized spacial score (nSPS) is 14.1. The molecule has 1 aliphatic heterocycles. The van der Waals surface area contributed by atoms with E-state index in [0.717, 1.165) is 18.7 Å². The lowest BCUT2D eigenvalue weighted by Crippen LogP contribution is -2.17. The van der Waals surface area contributed by atoms with Crippen molar-refractivity contribution in [2.24, 2.45) is 0 Å². The van der Waals surface area contributed by atoms with Crippen molar-refractivity contribution in [3.05, 3.63) is 34.9 Å². The maximum Gasteiger partial charge on any atom is 0.0991 e. The lowest BCUT2D eigenvalue weighted by atomic mass is 10.1. The fourth-order valence-corrected chi connectivity index (χ4v) is 3.16. The van der Waals surface area contributed by atoms with Gasteiger partial charge in [-0.15, -0.1) is 0 Å². The Labute approximate surface area is 129 Å². The van der Waals surface area contributed by atoms with Crippen LogP contribution in [0.15, 0.2) is 18.2 Å². The molecule has 0 fully saturated rings. The van der Waals surface area contributed by atoms with E-state index in [0.29, 0.717) is 0 Å². The van der Waals surface area contributed by atoms with E-state index in [1.807, 2.05) is 6.07 Å². The van der Waals surface area contributed by atoms with Crippen molar-refractivity contribution in [1.29, 1.82) is 5.26 Å². The molecule has 0 saturated carbocycles. The maximum atomic E-state index is 8.95. The zero-order valence-corrected chi connectivity index (χ0v) is 13.4. The summed E-state index contributed by atoms with van der Waals surface area (Å²) in [4.78, 5) is 2.52. The molecule has 1 aromatic rings. The fraction of sp³-hybridized carbons (Fsp3) is 0.632. The molecular weight excluding hydrogens is 256 g/mol. The topological polar surface area (TPSA) is 27.0 Å². The van der Waals surface area contributed by atoms with E-state index in [1.165, 1.54) is 69.0 Å². The Kier molecular flexibility index (Phi) is 6.76. The summed E-state index contributed by atoms with van der Waals surface area (Å²) >= 11 is 0. The Morgan fingerprint density at radius 3 is 2.33 bits per heavy atom. The van der Waals surface area contributed by atoms with Gasteiger partial charge in [0.15, 0.2) is 0 Å². The predicted octanol–water partition coefficient (Wildman–Crippen LogP) is 5.01. The molecule has 0 atom stereocenters. The third-order valence-electron chi connectivity index (χ3n) is 4.45. The smallest absolute Gasteiger partial charge is 0.0991 e. The van der Waals surface area contributed by atoms with Crippen LogP contribution >= 0.6 is 0 Å². The van der Waals surface area contributed by atoms with Crippen LogP contribution in [0.1, 0.15) is 75.0 Å². The van der Waals surface area contributed by atoms with Gasteiger partial charge in [-0.2, -0.15) is 5.26 Å². The Bertz CT molecular complexity index is 473. The molecule has 0 amide bonds. The number of hydrogen-bond acceptors (Lipinski definition) is 2. The number of nitriles is 1. The quantitative estimate of drug-likeness (QED) is 0.596. The number of benzene rings is 1. The van der Waals surface area contributed by atoms with Crippen molar-refractivity contribution in [3.63, 3.8) is 0 Å². The summed E-state index contributed by atoms with van der Waals surface area (Å²) in [6.07, 6.45) is 11.0. The third kappa shape index (κ3) is 5.17. The van der Waals surface area contributed by atoms with E-state index in [-0.39, 0.29) is 0 Å². The molecule has 2 rings (SSSR count). The Balaban J connectivity index is 1.58. The van der Waals surface area contributed by atoms with Crippen LogP contribution in [-0.2, 0) is 13.1 Å². The van der Waals surface area contributed by atoms with Crippen molar-refractivity contribution in [2.75, 3.05) is 6.54 Å². The highest BCUT2D eigenvalue weighted by Gasteiger charge is 2.18. The van der Waals surface area contributed by atoms with Gasteiger partial charge in [0.25, 0.3) is 0 Å². The highest BCUT2D eigenvalue weighted by molar-refractivity contribution is 5.39. The number of fused-ring (bicyclic) bond motifs is 1. The van der Waals surface area contributed by atoms with Crippen LogP contribution in [0, 0.1) is 11.3 Å². The van der Waals surface area contributed by atoms with Gasteiger partial charge in [-0.3, -0.25) is 4.90 Å². The van der Waals surface area contributed by atoms with E-state index in [2.05, 4.69) is 30.0 Å². The molecule has 1 aliphatic rings. The average molecular weight is 284 g/mol. The van der Waals surface area contributed by atoms with Gasteiger partial charge >= 0.3 is 0 Å². The summed E-state index contributed by atoms with van der Waals surface area (Å²) in [5.74, 6) is 0. The molecule has 0 spiro atoms. The minimum absolute atomic E-state index is 0.794. The second kappa shape index (κ2) is 8.85. The standard InChI is InChI=1S/C19H28N2/c1-2-3-4-5-6-7-8-9-12-21-15-18-11-10-17(14-20)13-19(18)16-21/h10-11,13H,2-9,12,15-16H2,1H3. The molecule has 0 radical (unpaired) electrons. The summed E-state index contributed by atoms with van der Waals surface area (Å²) in [5.41, 5.74) is 3.56. The van der Waals surface area contributed by atoms with E-state index in [1.54, 1.807) is 0 Å². The largest absolute Gasteiger partial charge is 0.295 e. The van der Waals surface area contributed by atoms with Gasteiger partial charge in [0.2, 0.25) is 0 Å². The summed E-state index contributed by atoms with van der Waals surface area (Å²) in [5, 5.41) is 8.95. The lowest BCUT2D eigenvalue weighted by Gasteiger charge is -2.14. The second-order valence-electron chi connectivity index (χ2n) is 6.28. The van der Waals surface area contributed by atoms with Crippen LogP contribution in [0.3, 0.4) is 0 Å². The molecule has 2 heteroatoms. The van der Waals surface area contributed by atoms with E-state index in [4.69, 9.17) is 5.26 Å². The molecule has 0 bridgehead atoms. The number of nitrogens with zero attached hydrogens (tertiary/aromatic N) is 2. The highest BCUT2D eigenvalue weighted by atomic mass is 15.1. The first-order chi connectivity index (χ1) is 10.3. The minimum atomic E-state index is 0.794. The third-order valence-corrected chi connectivity index (χ3v) is 4.45. The van der Waals surface area contributed by atoms with Crippen LogP contribution in [0.25, 0.3) is 0 Å². The molecule has 0 aliphatic carbocycles. The van der Waals surface area contributed by atoms with Gasteiger partial charge < -0.3 is 0 Å². The minimum Gasteiger partial charge on any atom is -0.295 e. The van der Waals surface area contributed by atoms with Crippen LogP contribution < -0.4 is 0 Å². The predicted molar refractivity (Wildman–Crippen MR) is 87.9 cm³/mol. The van der Waals surface area contributed by atoms with Crippen molar-refractivity contribution >= 4 is 0 Å². The SMILES string of the molecule is CCCCCCCCCCN1Cc2ccc(C#N)cc2C1. The number of hydrogen-bond donors (Lipinski definition) is 0. The zero-order chi connectivity index (χ0) is 14.9. The molecule has 0 unspecified atom stereocenters. The van der Waals surface area contributed by atoms with Crippen LogP contribution in [0.2, 0.25) is 0 Å². The Morgan fingerprint density at radius 1 is 0.952 bits per heavy atom. The summed E-state index contributed by atoms with van der Waals surface area (Å²) in [6, 6.07) is 8.36. The average Bonchev–Trinajstić information content (AvgIpc) is 2.91. The Hall–Kier alpha value is -1.33. The summed E-state index contributed by atoms with van der Waals surface area (Å²) in [7, 11) is 0. The monoisotopic (exact) mass is 284 g/mol. The molecule has 1 heterocycles. The molecule has 2 nitrogen and oxygen atoms in total. The summed E-state index contributed by atoms with van der Waals surface area (Å²) in [6.45, 7) is 5.57. The van der Waals surface area contributed by atoms with Crippen LogP contribution in [-0.4, -0.2) is 11.4 Å². The van der Waals surface area contributed by atoms with Crippen LogP contribution in [0.4, 0.5) is 0 Å². The molecule has 0 aromatic heterocycles. The van der Waals surface area contributed by atoms with Gasteiger partial charge in [0.1, 0.15) is 0 Å². The van der Waals surface area contributed by atoms with Gasteiger partial charge in [-0.25, -0.2) is 0 Å². The van der Waals surface area contributed by atoms with E-state index < -0.39 is 0 Å². The van der Waals surface area contributed by atoms with Crippen molar-refractivity contribution in [3.8, 4) is 6.07 Å². The first-order valence-electron chi connectivity index (χ1n) is 8.57. The highest BCUT2D eigenvalue weighted by Crippen LogP contribution is 2.24. The molecule has 114 valence electrons. The van der Waals surface area contributed by atoms with Gasteiger partial charge in [-0.1, -0.05) is 57.9 Å². The van der Waals surface area contributed by atoms with Gasteiger partial charge in [0.05, 0.1) is 11.6 Å². The Morgan fingerprint density at radius 2 is 1.62 bits per heavy atom. The molecule has 0 N–H and O–H groups in total. The molecule has 21 heavy (non-hydrogen) atoms. The van der Waals surface area contributed by atoms with Crippen LogP contribution in [0.5, 0.6) is 0 Å². The van der Waals surface area contributed by atoms with Crippen molar-refractivity contribution < 1.29 is 0 Å². The first kappa shape index (κ1) is 16.0. The number of unbranched alkanes of at least 4 members (excludes halogenated alkanes) is 7. The van der Waals surface area contributed by atoms with Crippen molar-refractivity contribution in [1.82, 2.24) is 4.90 Å². The zero-order valence-electron chi connectivity index (χ0n) is 13.4. The van der Waals surface area contributed by atoms with Crippen molar-refractivity contribution in [2.45, 2.75) is 71.4 Å². The second-order valence-corrected chi connectivity index (χ2v) is 6.28. The number of rotatable bonds is 9. The molecule has 1 aromatic carbocycles. The lowest BCUT2D eigenvalue weighted by molar-refractivity contribution is 0.276. The summed E-state index contributed by atoms with van der Waals surface area (Å²) < 4.78 is 0. The van der Waals surface area contributed by atoms with Gasteiger partial charge in [-0.05, 0) is 36.2 Å². The first-order valence-corrected chi connectivity index (χ1v) is 8.57. The fourth-order valence-electron chi connectivity index (χ4n) is 3.16.